The fourth-order valence-electron chi connectivity index (χ4n) is 1.10. The molecule has 5 nitrogen and oxygen atoms in total. The second-order valence-corrected chi connectivity index (χ2v) is 3.64. The van der Waals surface area contributed by atoms with Gasteiger partial charge in [0.05, 0.1) is 11.6 Å². The molecular weight excluding hydrogens is 262 g/mol. The highest BCUT2D eigenvalue weighted by molar-refractivity contribution is 9.10. The van der Waals surface area contributed by atoms with E-state index >= 15 is 0 Å². The fraction of sp³-hybridized carbons (Fsp3) is 0.444. The first-order chi connectivity index (χ1) is 7.19. The van der Waals surface area contributed by atoms with Crippen molar-refractivity contribution in [2.45, 2.75) is 6.92 Å². The third-order valence-electron chi connectivity index (χ3n) is 1.88. The zero-order chi connectivity index (χ0) is 11.3. The summed E-state index contributed by atoms with van der Waals surface area (Å²) in [7, 11) is 1.37. The van der Waals surface area contributed by atoms with Gasteiger partial charge in [0.2, 0.25) is 0 Å². The summed E-state index contributed by atoms with van der Waals surface area (Å²) in [5.41, 5.74) is 0. The van der Waals surface area contributed by atoms with Gasteiger partial charge in [0, 0.05) is 12.7 Å². The summed E-state index contributed by atoms with van der Waals surface area (Å²) in [5, 5.41) is 0. The zero-order valence-corrected chi connectivity index (χ0v) is 10.2. The van der Waals surface area contributed by atoms with Crippen molar-refractivity contribution in [1.82, 2.24) is 9.97 Å². The molecule has 6 heteroatoms. The van der Waals surface area contributed by atoms with Gasteiger partial charge in [0.1, 0.15) is 18.7 Å². The molecule has 0 saturated carbocycles. The number of ether oxygens (including phenoxy) is 1. The van der Waals surface area contributed by atoms with Gasteiger partial charge < -0.3 is 9.64 Å². The molecule has 1 heterocycles. The summed E-state index contributed by atoms with van der Waals surface area (Å²) >= 11 is 3.33. The van der Waals surface area contributed by atoms with Gasteiger partial charge in [-0.15, -0.1) is 0 Å². The quantitative estimate of drug-likeness (QED) is 0.773. The average Bonchev–Trinajstić information content (AvgIpc) is 2.26. The van der Waals surface area contributed by atoms with Gasteiger partial charge >= 0.3 is 5.97 Å². The first kappa shape index (κ1) is 11.9. The van der Waals surface area contributed by atoms with E-state index in [0.29, 0.717) is 12.4 Å². The maximum Gasteiger partial charge on any atom is 0.325 e. The van der Waals surface area contributed by atoms with E-state index in [1.54, 1.807) is 11.1 Å². The Morgan fingerprint density at radius 1 is 1.67 bits per heavy atom. The topological polar surface area (TPSA) is 55.3 Å². The smallest absolute Gasteiger partial charge is 0.325 e. The van der Waals surface area contributed by atoms with Gasteiger partial charge in [0.15, 0.2) is 0 Å². The Hall–Kier alpha value is -1.17. The van der Waals surface area contributed by atoms with Crippen LogP contribution >= 0.6 is 15.9 Å². The Kier molecular flexibility index (Phi) is 4.48. The fourth-order valence-corrected chi connectivity index (χ4v) is 1.57. The Balaban J connectivity index is 2.83. The van der Waals surface area contributed by atoms with Crippen LogP contribution in [-0.2, 0) is 9.53 Å². The van der Waals surface area contributed by atoms with E-state index in [1.807, 2.05) is 6.92 Å². The lowest BCUT2D eigenvalue weighted by Crippen LogP contribution is -2.31. The Labute approximate surface area is 96.6 Å². The summed E-state index contributed by atoms with van der Waals surface area (Å²) in [6.07, 6.45) is 3.09. The van der Waals surface area contributed by atoms with Crippen LogP contribution in [0.2, 0.25) is 0 Å². The molecule has 0 spiro atoms. The Bertz CT molecular complexity index is 346. The van der Waals surface area contributed by atoms with E-state index in [0.717, 1.165) is 4.47 Å². The number of esters is 1. The molecule has 0 unspecified atom stereocenters. The minimum Gasteiger partial charge on any atom is -0.468 e. The van der Waals surface area contributed by atoms with Crippen LogP contribution in [0, 0.1) is 0 Å². The molecule has 1 aromatic rings. The van der Waals surface area contributed by atoms with Gasteiger partial charge in [0.25, 0.3) is 0 Å². The van der Waals surface area contributed by atoms with Crippen LogP contribution in [0.5, 0.6) is 0 Å². The molecule has 0 saturated heterocycles. The highest BCUT2D eigenvalue weighted by Gasteiger charge is 2.13. The molecule has 1 rings (SSSR count). The van der Waals surface area contributed by atoms with Gasteiger partial charge in [-0.2, -0.15) is 0 Å². The SMILES string of the molecule is CCN(CC(=O)OC)c1ncncc1Br. The molecular formula is C9H12BrN3O2. The van der Waals surface area contributed by atoms with Crippen molar-refractivity contribution in [3.8, 4) is 0 Å². The zero-order valence-electron chi connectivity index (χ0n) is 8.61. The van der Waals surface area contributed by atoms with Crippen LogP contribution in [0.25, 0.3) is 0 Å². The summed E-state index contributed by atoms with van der Waals surface area (Å²) in [6, 6.07) is 0. The number of anilines is 1. The number of halogens is 1. The number of carbonyl (C=O) groups is 1. The number of carbonyl (C=O) groups excluding carboxylic acids is 1. The molecule has 0 amide bonds. The van der Waals surface area contributed by atoms with Crippen molar-refractivity contribution >= 4 is 27.7 Å². The lowest BCUT2D eigenvalue weighted by Gasteiger charge is -2.20. The van der Waals surface area contributed by atoms with Gasteiger partial charge in [-0.1, -0.05) is 0 Å². The van der Waals surface area contributed by atoms with Crippen LogP contribution in [0.4, 0.5) is 5.82 Å². The Morgan fingerprint density at radius 2 is 2.40 bits per heavy atom. The van der Waals surface area contributed by atoms with E-state index in [1.165, 1.54) is 13.4 Å². The van der Waals surface area contributed by atoms with Crippen molar-refractivity contribution in [2.24, 2.45) is 0 Å². The molecule has 0 atom stereocenters. The van der Waals surface area contributed by atoms with Crippen molar-refractivity contribution in [3.05, 3.63) is 17.0 Å². The molecule has 0 N–H and O–H groups in total. The first-order valence-electron chi connectivity index (χ1n) is 4.46. The number of hydrogen-bond donors (Lipinski definition) is 0. The number of methoxy groups -OCH3 is 1. The minimum absolute atomic E-state index is 0.183. The number of likely N-dealkylation sites (N-methyl/N-ethyl adjacent to an activating group) is 1. The number of nitrogens with zero attached hydrogens (tertiary/aromatic N) is 3. The summed E-state index contributed by atoms with van der Waals surface area (Å²) in [4.78, 5) is 20.9. The predicted molar refractivity (Wildman–Crippen MR) is 59.6 cm³/mol. The lowest BCUT2D eigenvalue weighted by molar-refractivity contribution is -0.138. The van der Waals surface area contributed by atoms with Crippen molar-refractivity contribution in [2.75, 3.05) is 25.1 Å². The van der Waals surface area contributed by atoms with E-state index in [9.17, 15) is 4.79 Å². The monoisotopic (exact) mass is 273 g/mol. The normalized spacial score (nSPS) is 9.80. The highest BCUT2D eigenvalue weighted by Crippen LogP contribution is 2.21. The van der Waals surface area contributed by atoms with Crippen molar-refractivity contribution in [1.29, 1.82) is 0 Å². The van der Waals surface area contributed by atoms with Gasteiger partial charge in [-0.25, -0.2) is 9.97 Å². The number of hydrogen-bond acceptors (Lipinski definition) is 5. The van der Waals surface area contributed by atoms with Crippen LogP contribution in [0.15, 0.2) is 17.0 Å². The number of rotatable bonds is 4. The third-order valence-corrected chi connectivity index (χ3v) is 2.44. The number of aromatic nitrogens is 2. The predicted octanol–water partition coefficient (Wildman–Crippen LogP) is 1.24. The molecule has 1 aromatic heterocycles. The molecule has 0 aromatic carbocycles. The van der Waals surface area contributed by atoms with Crippen LogP contribution in [0.3, 0.4) is 0 Å². The summed E-state index contributed by atoms with van der Waals surface area (Å²) in [6.45, 7) is 2.80. The molecule has 0 radical (unpaired) electrons. The lowest BCUT2D eigenvalue weighted by atomic mass is 10.4. The second-order valence-electron chi connectivity index (χ2n) is 2.78. The second kappa shape index (κ2) is 5.65. The van der Waals surface area contributed by atoms with Crippen molar-refractivity contribution < 1.29 is 9.53 Å². The maximum absolute atomic E-state index is 11.1. The largest absolute Gasteiger partial charge is 0.468 e. The van der Waals surface area contributed by atoms with Gasteiger partial charge in [-0.05, 0) is 22.9 Å². The molecule has 82 valence electrons. The van der Waals surface area contributed by atoms with Crippen LogP contribution < -0.4 is 4.90 Å². The van der Waals surface area contributed by atoms with E-state index in [2.05, 4.69) is 30.6 Å². The van der Waals surface area contributed by atoms with Crippen LogP contribution in [-0.4, -0.2) is 36.1 Å². The minimum atomic E-state index is -0.289. The third kappa shape index (κ3) is 3.16. The van der Waals surface area contributed by atoms with Crippen molar-refractivity contribution in [3.63, 3.8) is 0 Å². The van der Waals surface area contributed by atoms with Gasteiger partial charge in [-0.3, -0.25) is 4.79 Å². The highest BCUT2D eigenvalue weighted by atomic mass is 79.9. The summed E-state index contributed by atoms with van der Waals surface area (Å²) < 4.78 is 5.36. The van der Waals surface area contributed by atoms with E-state index < -0.39 is 0 Å². The van der Waals surface area contributed by atoms with E-state index in [-0.39, 0.29) is 12.5 Å². The molecule has 0 aliphatic rings. The Morgan fingerprint density at radius 3 is 2.93 bits per heavy atom. The molecule has 0 fully saturated rings. The maximum atomic E-state index is 11.1. The molecule has 15 heavy (non-hydrogen) atoms. The summed E-state index contributed by atoms with van der Waals surface area (Å²) in [5.74, 6) is 0.403. The molecule has 0 aliphatic carbocycles. The standard InChI is InChI=1S/C9H12BrN3O2/c1-3-13(5-8(14)15-2)9-7(10)4-11-6-12-9/h4,6H,3,5H2,1-2H3. The average molecular weight is 274 g/mol. The van der Waals surface area contributed by atoms with Crippen LogP contribution in [0.1, 0.15) is 6.92 Å². The molecule has 0 bridgehead atoms. The first-order valence-corrected chi connectivity index (χ1v) is 5.25. The molecule has 0 aliphatic heterocycles. The van der Waals surface area contributed by atoms with E-state index in [4.69, 9.17) is 0 Å².